The lowest BCUT2D eigenvalue weighted by molar-refractivity contribution is 0.189. The molecular formula is C24H32N6O. The van der Waals surface area contributed by atoms with Crippen molar-refractivity contribution in [3.05, 3.63) is 48.1 Å². The van der Waals surface area contributed by atoms with Gasteiger partial charge in [0.1, 0.15) is 17.4 Å². The van der Waals surface area contributed by atoms with Gasteiger partial charge < -0.3 is 25.2 Å². The standard InChI is InChI=1S/C24H32N6O/c1-31-20-7-4-12-25-23(20)18-6-2-5-17(27-18)19-15-30-21(28-19)8-3-9-22(30)29-14-13-26-24(16-29)10-11-24/h3-4,7-9,12,17-19,26-27H,2,5-6,10-11,13-16H2,1H3/t17-,18+,19?/m1/s1. The van der Waals surface area contributed by atoms with Gasteiger partial charge in [0.25, 0.3) is 0 Å². The number of hydrogen-bond donors (Lipinski definition) is 2. The van der Waals surface area contributed by atoms with Gasteiger partial charge in [-0.1, -0.05) is 6.08 Å². The first-order chi connectivity index (χ1) is 15.2. The van der Waals surface area contributed by atoms with E-state index in [1.807, 2.05) is 18.3 Å². The normalized spacial score (nSPS) is 31.3. The zero-order valence-corrected chi connectivity index (χ0v) is 18.3. The summed E-state index contributed by atoms with van der Waals surface area (Å²) >= 11 is 0. The van der Waals surface area contributed by atoms with Gasteiger partial charge in [-0.05, 0) is 56.4 Å². The second-order valence-electron chi connectivity index (χ2n) is 9.53. The number of hydrogen-bond acceptors (Lipinski definition) is 7. The average Bonchev–Trinajstić information content (AvgIpc) is 3.41. The number of aliphatic imine (C=N–C) groups is 1. The third-order valence-corrected chi connectivity index (χ3v) is 7.50. The van der Waals surface area contributed by atoms with E-state index in [1.165, 1.54) is 25.1 Å². The number of piperazine rings is 1. The van der Waals surface area contributed by atoms with Gasteiger partial charge in [0.15, 0.2) is 0 Å². The Balaban J connectivity index is 1.17. The zero-order chi connectivity index (χ0) is 20.8. The van der Waals surface area contributed by atoms with Gasteiger partial charge in [0.2, 0.25) is 0 Å². The highest BCUT2D eigenvalue weighted by molar-refractivity contribution is 5.97. The first kappa shape index (κ1) is 19.3. The largest absolute Gasteiger partial charge is 0.495 e. The fraction of sp³-hybridized carbons (Fsp3) is 0.583. The molecule has 5 heterocycles. The topological polar surface area (TPSA) is 65.0 Å². The predicted octanol–water partition coefficient (Wildman–Crippen LogP) is 2.21. The molecule has 0 amide bonds. The molecule has 7 heteroatoms. The van der Waals surface area contributed by atoms with E-state index in [0.717, 1.165) is 56.3 Å². The Kier molecular flexibility index (Phi) is 4.76. The maximum Gasteiger partial charge on any atom is 0.141 e. The summed E-state index contributed by atoms with van der Waals surface area (Å²) in [6.07, 6.45) is 14.5. The van der Waals surface area contributed by atoms with Crippen LogP contribution in [0.4, 0.5) is 0 Å². The van der Waals surface area contributed by atoms with Gasteiger partial charge in [0, 0.05) is 44.0 Å². The van der Waals surface area contributed by atoms with Gasteiger partial charge in [0.05, 0.1) is 24.9 Å². The summed E-state index contributed by atoms with van der Waals surface area (Å²) in [5.74, 6) is 3.32. The third-order valence-electron chi connectivity index (χ3n) is 7.50. The van der Waals surface area contributed by atoms with E-state index >= 15 is 0 Å². The SMILES string of the molecule is COc1cccnc1[C@@H]1CCC[C@H](C2CN3C(N4CCNC5(CC5)C4)=CC=CC3=N2)N1. The summed E-state index contributed by atoms with van der Waals surface area (Å²) in [6.45, 7) is 4.21. The molecule has 1 aromatic rings. The van der Waals surface area contributed by atoms with Crippen LogP contribution in [0.2, 0.25) is 0 Å². The summed E-state index contributed by atoms with van der Waals surface area (Å²) in [6, 6.07) is 4.78. The Labute approximate surface area is 184 Å². The van der Waals surface area contributed by atoms with Crippen LogP contribution in [0.1, 0.15) is 43.8 Å². The van der Waals surface area contributed by atoms with Crippen molar-refractivity contribution in [1.82, 2.24) is 25.4 Å². The van der Waals surface area contributed by atoms with E-state index in [9.17, 15) is 0 Å². The minimum atomic E-state index is 0.223. The molecule has 0 bridgehead atoms. The van der Waals surface area contributed by atoms with Crippen molar-refractivity contribution in [3.63, 3.8) is 0 Å². The molecule has 0 aromatic carbocycles. The number of piperidine rings is 1. The van der Waals surface area contributed by atoms with E-state index in [1.54, 1.807) is 7.11 Å². The maximum atomic E-state index is 5.57. The number of allylic oxidation sites excluding steroid dienone is 2. The van der Waals surface area contributed by atoms with Crippen molar-refractivity contribution in [1.29, 1.82) is 0 Å². The highest BCUT2D eigenvalue weighted by Gasteiger charge is 2.47. The van der Waals surface area contributed by atoms with Crippen molar-refractivity contribution in [2.45, 2.75) is 55.8 Å². The van der Waals surface area contributed by atoms with E-state index in [0.29, 0.717) is 11.6 Å². The van der Waals surface area contributed by atoms with Gasteiger partial charge in [-0.3, -0.25) is 9.98 Å². The first-order valence-corrected chi connectivity index (χ1v) is 11.7. The molecule has 1 aliphatic carbocycles. The molecule has 31 heavy (non-hydrogen) atoms. The second kappa shape index (κ2) is 7.64. The fourth-order valence-corrected chi connectivity index (χ4v) is 5.67. The summed E-state index contributed by atoms with van der Waals surface area (Å²) in [4.78, 5) is 14.8. The van der Waals surface area contributed by atoms with Crippen LogP contribution in [-0.4, -0.2) is 71.5 Å². The average molecular weight is 421 g/mol. The van der Waals surface area contributed by atoms with Crippen molar-refractivity contribution in [2.75, 3.05) is 33.3 Å². The molecule has 6 rings (SSSR count). The lowest BCUT2D eigenvalue weighted by Crippen LogP contribution is -2.54. The van der Waals surface area contributed by atoms with E-state index < -0.39 is 0 Å². The van der Waals surface area contributed by atoms with Crippen LogP contribution in [0.15, 0.2) is 47.4 Å². The summed E-state index contributed by atoms with van der Waals surface area (Å²) in [7, 11) is 1.73. The van der Waals surface area contributed by atoms with Crippen molar-refractivity contribution >= 4 is 5.84 Å². The minimum Gasteiger partial charge on any atom is -0.495 e. The lowest BCUT2D eigenvalue weighted by Gasteiger charge is -2.41. The number of pyridine rings is 1. The molecule has 1 spiro atoms. The molecule has 0 radical (unpaired) electrons. The fourth-order valence-electron chi connectivity index (χ4n) is 5.67. The lowest BCUT2D eigenvalue weighted by atomic mass is 9.92. The molecule has 1 unspecified atom stereocenters. The molecule has 3 atom stereocenters. The number of methoxy groups -OCH3 is 1. The molecule has 4 aliphatic heterocycles. The monoisotopic (exact) mass is 420 g/mol. The first-order valence-electron chi connectivity index (χ1n) is 11.7. The Morgan fingerprint density at radius 2 is 2.19 bits per heavy atom. The minimum absolute atomic E-state index is 0.223. The number of nitrogens with one attached hydrogen (secondary N) is 2. The Morgan fingerprint density at radius 1 is 1.26 bits per heavy atom. The van der Waals surface area contributed by atoms with Crippen LogP contribution in [0.3, 0.4) is 0 Å². The van der Waals surface area contributed by atoms with Crippen LogP contribution in [0.5, 0.6) is 5.75 Å². The zero-order valence-electron chi connectivity index (χ0n) is 18.3. The van der Waals surface area contributed by atoms with Crippen LogP contribution in [0, 0.1) is 0 Å². The molecule has 2 N–H and O–H groups in total. The molecule has 5 aliphatic rings. The number of aromatic nitrogens is 1. The van der Waals surface area contributed by atoms with Gasteiger partial charge in [-0.25, -0.2) is 0 Å². The van der Waals surface area contributed by atoms with Crippen LogP contribution in [0.25, 0.3) is 0 Å². The molecule has 1 aromatic heterocycles. The van der Waals surface area contributed by atoms with E-state index in [-0.39, 0.29) is 12.1 Å². The van der Waals surface area contributed by atoms with Crippen molar-refractivity contribution < 1.29 is 4.74 Å². The Hall–Kier alpha value is -2.38. The van der Waals surface area contributed by atoms with Crippen molar-refractivity contribution in [2.24, 2.45) is 4.99 Å². The summed E-state index contributed by atoms with van der Waals surface area (Å²) < 4.78 is 5.57. The quantitative estimate of drug-likeness (QED) is 0.779. The van der Waals surface area contributed by atoms with Crippen LogP contribution in [-0.2, 0) is 0 Å². The molecule has 1 saturated carbocycles. The van der Waals surface area contributed by atoms with Crippen LogP contribution >= 0.6 is 0 Å². The number of rotatable bonds is 4. The molecule has 7 nitrogen and oxygen atoms in total. The smallest absolute Gasteiger partial charge is 0.141 e. The molecule has 2 saturated heterocycles. The Morgan fingerprint density at radius 3 is 3.06 bits per heavy atom. The number of nitrogens with zero attached hydrogens (tertiary/aromatic N) is 4. The summed E-state index contributed by atoms with van der Waals surface area (Å²) in [5, 5.41) is 7.60. The highest BCUT2D eigenvalue weighted by Crippen LogP contribution is 2.39. The molecule has 164 valence electrons. The van der Waals surface area contributed by atoms with E-state index in [4.69, 9.17) is 9.73 Å². The number of amidine groups is 1. The van der Waals surface area contributed by atoms with Gasteiger partial charge >= 0.3 is 0 Å². The summed E-state index contributed by atoms with van der Waals surface area (Å²) in [5.41, 5.74) is 1.39. The molecular weight excluding hydrogens is 388 g/mol. The predicted molar refractivity (Wildman–Crippen MR) is 121 cm³/mol. The van der Waals surface area contributed by atoms with Gasteiger partial charge in [-0.15, -0.1) is 0 Å². The second-order valence-corrected chi connectivity index (χ2v) is 9.53. The Bertz CT molecular complexity index is 936. The highest BCUT2D eigenvalue weighted by atomic mass is 16.5. The van der Waals surface area contributed by atoms with Crippen LogP contribution < -0.4 is 15.4 Å². The molecule has 3 fully saturated rings. The number of ether oxygens (including phenoxy) is 1. The van der Waals surface area contributed by atoms with Crippen molar-refractivity contribution in [3.8, 4) is 5.75 Å². The maximum absolute atomic E-state index is 5.57. The van der Waals surface area contributed by atoms with E-state index in [2.05, 4.69) is 43.6 Å². The van der Waals surface area contributed by atoms with Gasteiger partial charge in [-0.2, -0.15) is 0 Å². The number of fused-ring (bicyclic) bond motifs is 1. The third kappa shape index (κ3) is 3.53.